The molecule has 0 radical (unpaired) electrons. The first kappa shape index (κ1) is 14.6. The Morgan fingerprint density at radius 2 is 1.61 bits per heavy atom. The maximum Gasteiger partial charge on any atom is 0.0606 e. The van der Waals surface area contributed by atoms with Gasteiger partial charge in [0.2, 0.25) is 0 Å². The van der Waals surface area contributed by atoms with Gasteiger partial charge < -0.3 is 5.32 Å². The number of hydrogen-bond acceptors (Lipinski definition) is 2. The molecule has 116 valence electrons. The van der Waals surface area contributed by atoms with E-state index in [4.69, 9.17) is 0 Å². The van der Waals surface area contributed by atoms with E-state index in [1.54, 1.807) is 0 Å². The van der Waals surface area contributed by atoms with E-state index in [-0.39, 0.29) is 0 Å². The van der Waals surface area contributed by atoms with Crippen LogP contribution < -0.4 is 5.32 Å². The fraction of sp³-hybridized carbons (Fsp3) is 0.238. The summed E-state index contributed by atoms with van der Waals surface area (Å²) in [7, 11) is 0. The molecule has 4 rings (SSSR count). The van der Waals surface area contributed by atoms with Crippen LogP contribution in [-0.4, -0.2) is 0 Å². The lowest BCUT2D eigenvalue weighted by molar-refractivity contribution is 0.818. The molecule has 1 atom stereocenters. The third kappa shape index (κ3) is 2.16. The van der Waals surface area contributed by atoms with Crippen molar-refractivity contribution in [1.29, 1.82) is 0 Å². The highest BCUT2D eigenvalue weighted by atomic mass is 32.2. The fourth-order valence-electron chi connectivity index (χ4n) is 3.64. The van der Waals surface area contributed by atoms with Crippen LogP contribution >= 0.6 is 11.8 Å². The summed E-state index contributed by atoms with van der Waals surface area (Å²) in [5, 5.41) is 3.68. The summed E-state index contributed by atoms with van der Waals surface area (Å²) < 4.78 is 0. The molecule has 1 nitrogen and oxygen atoms in total. The topological polar surface area (TPSA) is 12.0 Å². The van der Waals surface area contributed by atoms with Crippen LogP contribution in [0.3, 0.4) is 0 Å². The molecule has 1 aliphatic heterocycles. The lowest BCUT2D eigenvalue weighted by Gasteiger charge is -2.24. The monoisotopic (exact) mass is 319 g/mol. The smallest absolute Gasteiger partial charge is 0.0606 e. The number of allylic oxidation sites excluding steroid dienone is 4. The molecule has 2 aromatic rings. The first-order valence-electron chi connectivity index (χ1n) is 8.13. The van der Waals surface area contributed by atoms with Crippen molar-refractivity contribution in [2.45, 2.75) is 37.5 Å². The molecule has 1 unspecified atom stereocenters. The molecule has 1 aliphatic carbocycles. The lowest BCUT2D eigenvalue weighted by atomic mass is 9.95. The van der Waals surface area contributed by atoms with Crippen molar-refractivity contribution in [2.24, 2.45) is 5.92 Å². The highest BCUT2D eigenvalue weighted by Crippen LogP contribution is 2.50. The molecule has 2 aromatic carbocycles. The number of benzene rings is 2. The van der Waals surface area contributed by atoms with Crippen molar-refractivity contribution in [2.75, 3.05) is 5.32 Å². The summed E-state index contributed by atoms with van der Waals surface area (Å²) in [6, 6.07) is 15.2. The van der Waals surface area contributed by atoms with Crippen LogP contribution in [0.1, 0.15) is 33.3 Å². The van der Waals surface area contributed by atoms with Crippen LogP contribution in [0, 0.1) is 5.92 Å². The summed E-state index contributed by atoms with van der Waals surface area (Å²) >= 11 is 1.86. The lowest BCUT2D eigenvalue weighted by Crippen LogP contribution is -2.03. The molecule has 0 amide bonds. The van der Waals surface area contributed by atoms with Crippen LogP contribution in [-0.2, 0) is 0 Å². The average Bonchev–Trinajstić information content (AvgIpc) is 2.76. The minimum absolute atomic E-state index is 0.546. The van der Waals surface area contributed by atoms with Gasteiger partial charge in [-0.25, -0.2) is 0 Å². The molecule has 2 aliphatic rings. The third-order valence-corrected chi connectivity index (χ3v) is 6.46. The second-order valence-corrected chi connectivity index (χ2v) is 7.57. The van der Waals surface area contributed by atoms with Crippen LogP contribution in [0.25, 0.3) is 5.57 Å². The maximum absolute atomic E-state index is 3.68. The summed E-state index contributed by atoms with van der Waals surface area (Å²) in [5.74, 6) is 0.546. The van der Waals surface area contributed by atoms with E-state index in [9.17, 15) is 0 Å². The number of rotatable bonds is 1. The van der Waals surface area contributed by atoms with E-state index in [1.165, 1.54) is 49.0 Å². The van der Waals surface area contributed by atoms with Gasteiger partial charge in [0, 0.05) is 15.4 Å². The normalized spacial score (nSPS) is 19.6. The van der Waals surface area contributed by atoms with Gasteiger partial charge in [0.05, 0.1) is 11.4 Å². The van der Waals surface area contributed by atoms with Gasteiger partial charge in [0.1, 0.15) is 0 Å². The maximum atomic E-state index is 3.68. The fourth-order valence-corrected chi connectivity index (χ4v) is 4.66. The van der Waals surface area contributed by atoms with Gasteiger partial charge in [-0.15, -0.1) is 0 Å². The Balaban J connectivity index is 1.89. The number of fused-ring (bicyclic) bond motifs is 2. The van der Waals surface area contributed by atoms with Crippen molar-refractivity contribution in [3.8, 4) is 0 Å². The number of para-hydroxylation sites is 2. The first-order valence-corrected chi connectivity index (χ1v) is 8.95. The molecule has 0 spiro atoms. The molecule has 1 heterocycles. The standard InChI is InChI=1S/C21H21NS/c1-12-13(2)15(4)20(14(12)3)16-8-7-11-19-21(16)22-17-9-5-6-10-18(17)23-19/h5-12,22H,1-4H3. The van der Waals surface area contributed by atoms with Gasteiger partial charge in [-0.1, -0.05) is 54.1 Å². The molecule has 23 heavy (non-hydrogen) atoms. The van der Waals surface area contributed by atoms with Crippen molar-refractivity contribution >= 4 is 28.7 Å². The van der Waals surface area contributed by atoms with Crippen LogP contribution in [0.2, 0.25) is 0 Å². The SMILES string of the molecule is CC1=C(C)C(C)C(C)=C1c1cccc2c1Nc1ccccc1S2. The molecule has 0 bridgehead atoms. The quantitative estimate of drug-likeness (QED) is 0.538. The highest BCUT2D eigenvalue weighted by Gasteiger charge is 2.27. The van der Waals surface area contributed by atoms with Crippen molar-refractivity contribution in [3.63, 3.8) is 0 Å². The van der Waals surface area contributed by atoms with E-state index in [1.807, 2.05) is 11.8 Å². The minimum Gasteiger partial charge on any atom is -0.353 e. The Morgan fingerprint density at radius 1 is 0.870 bits per heavy atom. The Labute approximate surface area is 142 Å². The summed E-state index contributed by atoms with van der Waals surface area (Å²) in [6.45, 7) is 9.13. The van der Waals surface area contributed by atoms with Crippen LogP contribution in [0.4, 0.5) is 11.4 Å². The van der Waals surface area contributed by atoms with Crippen molar-refractivity contribution in [3.05, 3.63) is 64.7 Å². The van der Waals surface area contributed by atoms with E-state index < -0.39 is 0 Å². The second-order valence-electron chi connectivity index (χ2n) is 6.49. The highest BCUT2D eigenvalue weighted by molar-refractivity contribution is 7.99. The Kier molecular flexibility index (Phi) is 3.38. The van der Waals surface area contributed by atoms with Gasteiger partial charge >= 0.3 is 0 Å². The average molecular weight is 319 g/mol. The molecule has 2 heteroatoms. The summed E-state index contributed by atoms with van der Waals surface area (Å²) in [5.41, 5.74) is 9.65. The third-order valence-electron chi connectivity index (χ3n) is 5.32. The second kappa shape index (κ2) is 5.31. The molecular formula is C21H21NS. The number of anilines is 2. The zero-order valence-electron chi connectivity index (χ0n) is 14.0. The zero-order chi connectivity index (χ0) is 16.1. The molecular weight excluding hydrogens is 298 g/mol. The summed E-state index contributed by atoms with van der Waals surface area (Å²) in [6.07, 6.45) is 0. The molecule has 0 aromatic heterocycles. The van der Waals surface area contributed by atoms with Gasteiger partial charge in [0.25, 0.3) is 0 Å². The van der Waals surface area contributed by atoms with Gasteiger partial charge in [-0.05, 0) is 56.0 Å². The van der Waals surface area contributed by atoms with Gasteiger partial charge in [-0.3, -0.25) is 0 Å². The Bertz CT molecular complexity index is 873. The van der Waals surface area contributed by atoms with Crippen molar-refractivity contribution in [1.82, 2.24) is 0 Å². The zero-order valence-corrected chi connectivity index (χ0v) is 14.8. The van der Waals surface area contributed by atoms with Crippen molar-refractivity contribution < 1.29 is 0 Å². The number of nitrogens with one attached hydrogen (secondary N) is 1. The van der Waals surface area contributed by atoms with E-state index in [0.717, 1.165) is 0 Å². The van der Waals surface area contributed by atoms with E-state index >= 15 is 0 Å². The minimum atomic E-state index is 0.546. The largest absolute Gasteiger partial charge is 0.353 e. The number of hydrogen-bond donors (Lipinski definition) is 1. The van der Waals surface area contributed by atoms with E-state index in [0.29, 0.717) is 5.92 Å². The van der Waals surface area contributed by atoms with Gasteiger partial charge in [-0.2, -0.15) is 0 Å². The van der Waals surface area contributed by atoms with Crippen LogP contribution in [0.15, 0.2) is 69.0 Å². The van der Waals surface area contributed by atoms with E-state index in [2.05, 4.69) is 75.5 Å². The van der Waals surface area contributed by atoms with Gasteiger partial charge in [0.15, 0.2) is 0 Å². The Hall–Kier alpha value is -1.93. The first-order chi connectivity index (χ1) is 11.1. The molecule has 1 N–H and O–H groups in total. The molecule has 0 fully saturated rings. The van der Waals surface area contributed by atoms with Crippen LogP contribution in [0.5, 0.6) is 0 Å². The summed E-state index contributed by atoms with van der Waals surface area (Å²) in [4.78, 5) is 2.61. The molecule has 0 saturated heterocycles. The Morgan fingerprint density at radius 3 is 2.35 bits per heavy atom. The molecule has 0 saturated carbocycles. The predicted molar refractivity (Wildman–Crippen MR) is 100 cm³/mol. The predicted octanol–water partition coefficient (Wildman–Crippen LogP) is 6.65.